The molecule has 2 N–H and O–H groups in total. The second-order valence-corrected chi connectivity index (χ2v) is 7.05. The summed E-state index contributed by atoms with van der Waals surface area (Å²) in [5, 5.41) is 4.66. The number of nitrogens with zero attached hydrogens (tertiary/aromatic N) is 2. The van der Waals surface area contributed by atoms with Gasteiger partial charge in [-0.05, 0) is 41.3 Å². The molecule has 0 saturated heterocycles. The van der Waals surface area contributed by atoms with Gasteiger partial charge in [0.2, 0.25) is 5.95 Å². The third kappa shape index (κ3) is 4.06. The van der Waals surface area contributed by atoms with Gasteiger partial charge in [-0.1, -0.05) is 36.4 Å². The number of rotatable bonds is 5. The van der Waals surface area contributed by atoms with Crippen molar-refractivity contribution in [3.05, 3.63) is 96.1 Å². The number of halogens is 1. The van der Waals surface area contributed by atoms with Crippen LogP contribution in [0.2, 0.25) is 0 Å². The summed E-state index contributed by atoms with van der Waals surface area (Å²) in [5.74, 6) is 0.328. The number of hydrogen-bond acceptors (Lipinski definition) is 4. The lowest BCUT2D eigenvalue weighted by Crippen LogP contribution is -2.14. The zero-order valence-corrected chi connectivity index (χ0v) is 16.3. The van der Waals surface area contributed by atoms with Gasteiger partial charge in [-0.15, -0.1) is 0 Å². The molecule has 2 heterocycles. The number of benzene rings is 3. The van der Waals surface area contributed by atoms with Gasteiger partial charge in [0.15, 0.2) is 0 Å². The van der Waals surface area contributed by atoms with E-state index in [1.165, 1.54) is 12.1 Å². The Kier molecular flexibility index (Phi) is 4.76. The quantitative estimate of drug-likeness (QED) is 0.422. The van der Waals surface area contributed by atoms with E-state index in [9.17, 15) is 9.18 Å². The van der Waals surface area contributed by atoms with E-state index in [1.54, 1.807) is 42.6 Å². The molecule has 0 radical (unpaired) electrons. The van der Waals surface area contributed by atoms with Crippen molar-refractivity contribution in [3.8, 4) is 5.75 Å². The molecule has 0 fully saturated rings. The van der Waals surface area contributed by atoms with E-state index < -0.39 is 0 Å². The van der Waals surface area contributed by atoms with Crippen LogP contribution in [0.25, 0.3) is 21.8 Å². The zero-order chi connectivity index (χ0) is 21.2. The van der Waals surface area contributed by atoms with Crippen molar-refractivity contribution in [1.29, 1.82) is 0 Å². The molecule has 6 nitrogen and oxygen atoms in total. The molecule has 0 aliphatic heterocycles. The molecular weight excluding hydrogens is 395 g/mol. The van der Waals surface area contributed by atoms with Crippen molar-refractivity contribution in [3.63, 3.8) is 0 Å². The summed E-state index contributed by atoms with van der Waals surface area (Å²) in [6, 6.07) is 21.0. The maximum absolute atomic E-state index is 13.0. The Labute approximate surface area is 176 Å². The van der Waals surface area contributed by atoms with Crippen molar-refractivity contribution >= 4 is 33.7 Å². The number of H-pyrrole nitrogens is 1. The van der Waals surface area contributed by atoms with E-state index >= 15 is 0 Å². The van der Waals surface area contributed by atoms with Crippen LogP contribution in [-0.4, -0.2) is 20.9 Å². The molecule has 0 aliphatic rings. The van der Waals surface area contributed by atoms with Crippen LogP contribution in [0.15, 0.2) is 79.0 Å². The van der Waals surface area contributed by atoms with Gasteiger partial charge in [0, 0.05) is 17.6 Å². The maximum Gasteiger partial charge on any atom is 0.276 e. The van der Waals surface area contributed by atoms with Crippen molar-refractivity contribution < 1.29 is 13.9 Å². The Morgan fingerprint density at radius 3 is 2.65 bits per heavy atom. The number of carbonyl (C=O) groups excluding carboxylic acids is 1. The monoisotopic (exact) mass is 412 g/mol. The molecule has 3 aromatic carbocycles. The molecule has 5 aromatic rings. The number of pyridine rings is 1. The standard InChI is InChI=1S/C24H17FN4O2/c25-18-7-5-15(6-8-18)14-31-19-9-10-20-21(12-19)28-24(27-20)29-23(30)22-11-16-3-1-2-4-17(16)13-26-22/h1-13H,14H2,(H2,27,28,29,30). The van der Waals surface area contributed by atoms with Crippen molar-refractivity contribution in [2.45, 2.75) is 6.61 Å². The number of hydrogen-bond donors (Lipinski definition) is 2. The average Bonchev–Trinajstić information content (AvgIpc) is 3.19. The highest BCUT2D eigenvalue weighted by atomic mass is 19.1. The first-order chi connectivity index (χ1) is 15.1. The molecule has 0 saturated carbocycles. The van der Waals surface area contributed by atoms with Gasteiger partial charge in [-0.3, -0.25) is 15.1 Å². The summed E-state index contributed by atoms with van der Waals surface area (Å²) in [6.45, 7) is 0.317. The molecule has 0 atom stereocenters. The van der Waals surface area contributed by atoms with E-state index in [0.29, 0.717) is 29.5 Å². The van der Waals surface area contributed by atoms with E-state index in [1.807, 2.05) is 24.3 Å². The van der Waals surface area contributed by atoms with Crippen LogP contribution in [0, 0.1) is 5.82 Å². The van der Waals surface area contributed by atoms with E-state index in [2.05, 4.69) is 20.3 Å². The average molecular weight is 412 g/mol. The maximum atomic E-state index is 13.0. The zero-order valence-electron chi connectivity index (χ0n) is 16.3. The normalized spacial score (nSPS) is 11.0. The number of ether oxygens (including phenoxy) is 1. The van der Waals surface area contributed by atoms with Crippen molar-refractivity contribution in [2.75, 3.05) is 5.32 Å². The minimum absolute atomic E-state index is 0.281. The molecule has 0 bridgehead atoms. The third-order valence-corrected chi connectivity index (χ3v) is 4.87. The number of aromatic nitrogens is 3. The lowest BCUT2D eigenvalue weighted by Gasteiger charge is -2.06. The summed E-state index contributed by atoms with van der Waals surface area (Å²) in [5.41, 5.74) is 2.58. The number of nitrogens with one attached hydrogen (secondary N) is 2. The fraction of sp³-hybridized carbons (Fsp3) is 0.0417. The number of imidazole rings is 1. The van der Waals surface area contributed by atoms with Crippen LogP contribution in [0.3, 0.4) is 0 Å². The predicted molar refractivity (Wildman–Crippen MR) is 117 cm³/mol. The van der Waals surface area contributed by atoms with Crippen molar-refractivity contribution in [2.24, 2.45) is 0 Å². The Balaban J connectivity index is 1.30. The Bertz CT molecular complexity index is 1400. The number of aromatic amines is 1. The van der Waals surface area contributed by atoms with Crippen LogP contribution < -0.4 is 10.1 Å². The van der Waals surface area contributed by atoms with Crippen LogP contribution in [0.5, 0.6) is 5.75 Å². The fourth-order valence-corrected chi connectivity index (χ4v) is 3.26. The number of carbonyl (C=O) groups is 1. The van der Waals surface area contributed by atoms with Crippen LogP contribution in [-0.2, 0) is 6.61 Å². The minimum atomic E-state index is -0.349. The fourth-order valence-electron chi connectivity index (χ4n) is 3.26. The van der Waals surface area contributed by atoms with Crippen LogP contribution in [0.4, 0.5) is 10.3 Å². The molecule has 152 valence electrons. The highest BCUT2D eigenvalue weighted by Crippen LogP contribution is 2.22. The largest absolute Gasteiger partial charge is 0.489 e. The van der Waals surface area contributed by atoms with E-state index in [0.717, 1.165) is 21.9 Å². The molecular formula is C24H17FN4O2. The molecule has 0 spiro atoms. The Morgan fingerprint density at radius 2 is 1.81 bits per heavy atom. The summed E-state index contributed by atoms with van der Waals surface area (Å²) in [4.78, 5) is 24.3. The third-order valence-electron chi connectivity index (χ3n) is 4.87. The van der Waals surface area contributed by atoms with Crippen molar-refractivity contribution in [1.82, 2.24) is 15.0 Å². The summed E-state index contributed by atoms with van der Waals surface area (Å²) in [6.07, 6.45) is 1.67. The molecule has 1 amide bonds. The topological polar surface area (TPSA) is 79.9 Å². The number of fused-ring (bicyclic) bond motifs is 2. The smallest absolute Gasteiger partial charge is 0.276 e. The van der Waals surface area contributed by atoms with E-state index in [-0.39, 0.29) is 11.7 Å². The highest BCUT2D eigenvalue weighted by molar-refractivity contribution is 6.04. The molecule has 5 rings (SSSR count). The Morgan fingerprint density at radius 1 is 1.00 bits per heavy atom. The first-order valence-electron chi connectivity index (χ1n) is 9.67. The van der Waals surface area contributed by atoms with Gasteiger partial charge in [-0.25, -0.2) is 9.37 Å². The van der Waals surface area contributed by atoms with Gasteiger partial charge in [0.1, 0.15) is 23.9 Å². The van der Waals surface area contributed by atoms with Crippen LogP contribution in [0.1, 0.15) is 16.1 Å². The highest BCUT2D eigenvalue weighted by Gasteiger charge is 2.12. The van der Waals surface area contributed by atoms with Gasteiger partial charge >= 0.3 is 0 Å². The summed E-state index contributed by atoms with van der Waals surface area (Å²) in [7, 11) is 0. The second kappa shape index (κ2) is 7.87. The van der Waals surface area contributed by atoms with Crippen LogP contribution >= 0.6 is 0 Å². The number of amides is 1. The van der Waals surface area contributed by atoms with E-state index in [4.69, 9.17) is 4.74 Å². The van der Waals surface area contributed by atoms with Gasteiger partial charge < -0.3 is 9.72 Å². The molecule has 0 unspecified atom stereocenters. The lowest BCUT2D eigenvalue weighted by molar-refractivity contribution is 0.102. The van der Waals surface area contributed by atoms with Gasteiger partial charge in [0.05, 0.1) is 11.0 Å². The SMILES string of the molecule is O=C(Nc1nc2ccc(OCc3ccc(F)cc3)cc2[nH]1)c1cc2ccccc2cn1. The first kappa shape index (κ1) is 18.7. The van der Waals surface area contributed by atoms with Gasteiger partial charge in [0.25, 0.3) is 5.91 Å². The molecule has 2 aromatic heterocycles. The molecule has 7 heteroatoms. The van der Waals surface area contributed by atoms with Gasteiger partial charge in [-0.2, -0.15) is 0 Å². The molecule has 0 aliphatic carbocycles. The predicted octanol–water partition coefficient (Wildman–Crippen LogP) is 5.08. The summed E-state index contributed by atoms with van der Waals surface area (Å²) >= 11 is 0. The number of anilines is 1. The second-order valence-electron chi connectivity index (χ2n) is 7.05. The Hall–Kier alpha value is -4.26. The minimum Gasteiger partial charge on any atom is -0.489 e. The summed E-state index contributed by atoms with van der Waals surface area (Å²) < 4.78 is 18.8. The molecule has 31 heavy (non-hydrogen) atoms. The first-order valence-corrected chi connectivity index (χ1v) is 9.67. The lowest BCUT2D eigenvalue weighted by atomic mass is 10.1.